The minimum Gasteiger partial charge on any atom is -0.454 e. The van der Waals surface area contributed by atoms with E-state index in [1.54, 1.807) is 0 Å². The number of esters is 1. The highest BCUT2D eigenvalue weighted by Crippen LogP contribution is 2.35. The number of nitrogens with one attached hydrogen (secondary N) is 1. The summed E-state index contributed by atoms with van der Waals surface area (Å²) in [5.74, 6) is -0.0242. The Morgan fingerprint density at radius 2 is 1.30 bits per heavy atom. The van der Waals surface area contributed by atoms with E-state index in [0.29, 0.717) is 6.42 Å². The van der Waals surface area contributed by atoms with Crippen LogP contribution in [0.15, 0.2) is 30.3 Å². The molecule has 1 aromatic carbocycles. The van der Waals surface area contributed by atoms with Crippen LogP contribution in [0, 0.1) is 0 Å². The zero-order chi connectivity index (χ0) is 21.3. The van der Waals surface area contributed by atoms with Gasteiger partial charge in [-0.3, -0.25) is 4.79 Å². The summed E-state index contributed by atoms with van der Waals surface area (Å²) in [7, 11) is 0. The molecule has 3 heteroatoms. The summed E-state index contributed by atoms with van der Waals surface area (Å²) < 4.78 is 6.09. The Kier molecular flexibility index (Phi) is 12.8. The SMILES string of the molecule is CCCCCCCCCCCCCCCC(=O)OC1(c2ccccc2)CCNCC1. The average Bonchev–Trinajstić information content (AvgIpc) is 2.78. The van der Waals surface area contributed by atoms with Crippen molar-refractivity contribution in [3.63, 3.8) is 0 Å². The molecule has 0 unspecified atom stereocenters. The molecule has 0 aliphatic carbocycles. The van der Waals surface area contributed by atoms with Crippen molar-refractivity contribution >= 4 is 5.97 Å². The van der Waals surface area contributed by atoms with Crippen LogP contribution in [-0.2, 0) is 15.1 Å². The van der Waals surface area contributed by atoms with Crippen molar-refractivity contribution in [1.29, 1.82) is 0 Å². The average molecular weight is 416 g/mol. The smallest absolute Gasteiger partial charge is 0.306 e. The Balaban J connectivity index is 1.52. The third kappa shape index (κ3) is 9.64. The highest BCUT2D eigenvalue weighted by molar-refractivity contribution is 5.70. The van der Waals surface area contributed by atoms with E-state index in [-0.39, 0.29) is 5.97 Å². The Hall–Kier alpha value is -1.35. The molecule has 1 aliphatic heterocycles. The normalized spacial score (nSPS) is 15.8. The number of carbonyl (C=O) groups excluding carboxylic acids is 1. The van der Waals surface area contributed by atoms with E-state index in [0.717, 1.165) is 44.3 Å². The third-order valence-corrected chi connectivity index (χ3v) is 6.50. The Bertz CT molecular complexity index is 551. The van der Waals surface area contributed by atoms with Crippen LogP contribution in [0.25, 0.3) is 0 Å². The molecule has 1 aromatic rings. The molecule has 0 radical (unpaired) electrons. The summed E-state index contributed by atoms with van der Waals surface area (Å²) in [6.45, 7) is 4.08. The second kappa shape index (κ2) is 15.5. The predicted octanol–water partition coefficient (Wildman–Crippen LogP) is 7.29. The molecule has 0 amide bonds. The minimum atomic E-state index is -0.430. The van der Waals surface area contributed by atoms with Crippen molar-refractivity contribution in [1.82, 2.24) is 5.32 Å². The summed E-state index contributed by atoms with van der Waals surface area (Å²) in [6, 6.07) is 10.3. The van der Waals surface area contributed by atoms with E-state index in [9.17, 15) is 4.79 Å². The summed E-state index contributed by atoms with van der Waals surface area (Å²) >= 11 is 0. The van der Waals surface area contributed by atoms with Gasteiger partial charge in [0.15, 0.2) is 0 Å². The van der Waals surface area contributed by atoms with Crippen molar-refractivity contribution in [2.75, 3.05) is 13.1 Å². The molecule has 30 heavy (non-hydrogen) atoms. The first-order chi connectivity index (χ1) is 14.8. The van der Waals surface area contributed by atoms with Crippen LogP contribution in [0.4, 0.5) is 0 Å². The van der Waals surface area contributed by atoms with Gasteiger partial charge in [0.2, 0.25) is 0 Å². The molecule has 1 saturated heterocycles. The van der Waals surface area contributed by atoms with Crippen molar-refractivity contribution in [2.24, 2.45) is 0 Å². The van der Waals surface area contributed by atoms with E-state index in [1.807, 2.05) is 18.2 Å². The fourth-order valence-electron chi connectivity index (χ4n) is 4.58. The van der Waals surface area contributed by atoms with E-state index < -0.39 is 5.60 Å². The molecule has 1 N–H and O–H groups in total. The molecular formula is C27H45NO2. The van der Waals surface area contributed by atoms with Crippen molar-refractivity contribution < 1.29 is 9.53 Å². The molecule has 0 atom stereocenters. The Morgan fingerprint density at radius 3 is 1.83 bits per heavy atom. The highest BCUT2D eigenvalue weighted by Gasteiger charge is 2.37. The first kappa shape index (κ1) is 24.9. The molecule has 1 fully saturated rings. The Morgan fingerprint density at radius 1 is 0.800 bits per heavy atom. The van der Waals surface area contributed by atoms with Crippen LogP contribution < -0.4 is 5.32 Å². The second-order valence-electron chi connectivity index (χ2n) is 9.08. The predicted molar refractivity (Wildman–Crippen MR) is 127 cm³/mol. The van der Waals surface area contributed by atoms with Gasteiger partial charge in [0.25, 0.3) is 0 Å². The van der Waals surface area contributed by atoms with Crippen LogP contribution in [0.5, 0.6) is 0 Å². The lowest BCUT2D eigenvalue weighted by atomic mass is 9.84. The number of piperidine rings is 1. The van der Waals surface area contributed by atoms with Crippen LogP contribution in [0.2, 0.25) is 0 Å². The molecule has 2 rings (SSSR count). The van der Waals surface area contributed by atoms with E-state index in [4.69, 9.17) is 4.74 Å². The van der Waals surface area contributed by atoms with Crippen molar-refractivity contribution in [3.05, 3.63) is 35.9 Å². The molecule has 0 spiro atoms. The van der Waals surface area contributed by atoms with Crippen LogP contribution in [0.3, 0.4) is 0 Å². The van der Waals surface area contributed by atoms with E-state index >= 15 is 0 Å². The van der Waals surface area contributed by atoms with E-state index in [1.165, 1.54) is 70.6 Å². The molecule has 0 bridgehead atoms. The van der Waals surface area contributed by atoms with Gasteiger partial charge in [0, 0.05) is 19.3 Å². The van der Waals surface area contributed by atoms with Crippen molar-refractivity contribution in [3.8, 4) is 0 Å². The largest absolute Gasteiger partial charge is 0.454 e. The molecule has 1 heterocycles. The second-order valence-corrected chi connectivity index (χ2v) is 9.08. The molecule has 170 valence electrons. The van der Waals surface area contributed by atoms with Crippen LogP contribution in [-0.4, -0.2) is 19.1 Å². The van der Waals surface area contributed by atoms with Gasteiger partial charge in [-0.25, -0.2) is 0 Å². The number of unbranched alkanes of at least 4 members (excludes halogenated alkanes) is 12. The first-order valence-corrected chi connectivity index (χ1v) is 12.7. The zero-order valence-electron chi connectivity index (χ0n) is 19.4. The van der Waals surface area contributed by atoms with Gasteiger partial charge in [0.05, 0.1) is 0 Å². The van der Waals surface area contributed by atoms with Gasteiger partial charge in [-0.05, 0) is 25.1 Å². The third-order valence-electron chi connectivity index (χ3n) is 6.50. The lowest BCUT2D eigenvalue weighted by Crippen LogP contribution is -2.43. The maximum Gasteiger partial charge on any atom is 0.306 e. The van der Waals surface area contributed by atoms with Crippen LogP contribution in [0.1, 0.15) is 115 Å². The van der Waals surface area contributed by atoms with Gasteiger partial charge in [-0.2, -0.15) is 0 Å². The van der Waals surface area contributed by atoms with Gasteiger partial charge in [-0.15, -0.1) is 0 Å². The summed E-state index contributed by atoms with van der Waals surface area (Å²) in [5, 5.41) is 3.39. The number of hydrogen-bond donors (Lipinski definition) is 1. The fourth-order valence-corrected chi connectivity index (χ4v) is 4.58. The number of ether oxygens (including phenoxy) is 1. The maximum atomic E-state index is 12.5. The molecule has 1 aliphatic rings. The molecule has 0 saturated carbocycles. The zero-order valence-corrected chi connectivity index (χ0v) is 19.4. The monoisotopic (exact) mass is 415 g/mol. The summed E-state index contributed by atoms with van der Waals surface area (Å²) in [6.07, 6.45) is 19.5. The molecule has 3 nitrogen and oxygen atoms in total. The number of hydrogen-bond acceptors (Lipinski definition) is 3. The van der Waals surface area contributed by atoms with Gasteiger partial charge >= 0.3 is 5.97 Å². The standard InChI is InChI=1S/C27H45NO2/c1-2-3-4-5-6-7-8-9-10-11-12-13-17-20-26(29)30-27(21-23-28-24-22-27)25-18-15-14-16-19-25/h14-16,18-19,28H,2-13,17,20-24H2,1H3. The lowest BCUT2D eigenvalue weighted by molar-refractivity contribution is -0.164. The maximum absolute atomic E-state index is 12.5. The van der Waals surface area contributed by atoms with E-state index in [2.05, 4.69) is 24.4 Å². The van der Waals surface area contributed by atoms with Crippen LogP contribution >= 0.6 is 0 Å². The summed E-state index contributed by atoms with van der Waals surface area (Å²) in [5.41, 5.74) is 0.713. The molecule has 0 aromatic heterocycles. The van der Waals surface area contributed by atoms with Gasteiger partial charge in [0.1, 0.15) is 5.60 Å². The summed E-state index contributed by atoms with van der Waals surface area (Å²) in [4.78, 5) is 12.5. The fraction of sp³-hybridized carbons (Fsp3) is 0.741. The number of carbonyl (C=O) groups is 1. The van der Waals surface area contributed by atoms with Gasteiger partial charge in [-0.1, -0.05) is 114 Å². The molecular weight excluding hydrogens is 370 g/mol. The minimum absolute atomic E-state index is 0.0242. The lowest BCUT2D eigenvalue weighted by Gasteiger charge is -2.37. The number of rotatable bonds is 16. The quantitative estimate of drug-likeness (QED) is 0.227. The highest BCUT2D eigenvalue weighted by atomic mass is 16.6. The topological polar surface area (TPSA) is 38.3 Å². The van der Waals surface area contributed by atoms with Gasteiger partial charge < -0.3 is 10.1 Å². The van der Waals surface area contributed by atoms with Crippen molar-refractivity contribution in [2.45, 2.75) is 115 Å². The Labute approximate surface area is 185 Å². The number of benzene rings is 1. The first-order valence-electron chi connectivity index (χ1n) is 12.7.